The smallest absolute Gasteiger partial charge is 0.387 e. The van der Waals surface area contributed by atoms with Crippen LogP contribution >= 0.6 is 0 Å². The van der Waals surface area contributed by atoms with E-state index in [1.54, 1.807) is 43.5 Å². The van der Waals surface area contributed by atoms with Crippen molar-refractivity contribution in [3.63, 3.8) is 0 Å². The number of aromatic nitrogens is 4. The first kappa shape index (κ1) is 18.2. The predicted octanol–water partition coefficient (Wildman–Crippen LogP) is 3.13. The Hall–Kier alpha value is -3.62. The molecule has 0 aliphatic heterocycles. The molecule has 0 fully saturated rings. The highest BCUT2D eigenvalue weighted by Gasteiger charge is 2.07. The number of amides is 1. The summed E-state index contributed by atoms with van der Waals surface area (Å²) in [6.07, 6.45) is 2.91. The molecule has 3 aromatic rings. The summed E-state index contributed by atoms with van der Waals surface area (Å²) in [5.74, 6) is 0.297. The largest absolute Gasteiger partial charge is 0.435 e. The molecule has 9 heteroatoms. The third-order valence-electron chi connectivity index (χ3n) is 3.54. The van der Waals surface area contributed by atoms with Gasteiger partial charge in [-0.3, -0.25) is 4.79 Å². The first-order chi connectivity index (χ1) is 13.0. The van der Waals surface area contributed by atoms with Gasteiger partial charge >= 0.3 is 6.61 Å². The van der Waals surface area contributed by atoms with E-state index in [0.717, 1.165) is 5.56 Å². The van der Waals surface area contributed by atoms with E-state index in [1.807, 2.05) is 6.07 Å². The molecule has 138 valence electrons. The number of carbonyl (C=O) groups excluding carboxylic acids is 1. The Kier molecular flexibility index (Phi) is 5.50. The minimum atomic E-state index is -2.87. The number of aryl methyl sites for hydroxylation is 1. The van der Waals surface area contributed by atoms with Crippen LogP contribution in [0.1, 0.15) is 5.56 Å². The second-order valence-electron chi connectivity index (χ2n) is 5.48. The van der Waals surface area contributed by atoms with Gasteiger partial charge in [-0.05, 0) is 46.3 Å². The highest BCUT2D eigenvalue weighted by Crippen LogP contribution is 2.20. The highest BCUT2D eigenvalue weighted by molar-refractivity contribution is 6.02. The van der Waals surface area contributed by atoms with Crippen molar-refractivity contribution in [1.29, 1.82) is 0 Å². The first-order valence-corrected chi connectivity index (χ1v) is 7.88. The van der Waals surface area contributed by atoms with Crippen LogP contribution in [0, 0.1) is 0 Å². The molecule has 0 aliphatic rings. The van der Waals surface area contributed by atoms with Gasteiger partial charge < -0.3 is 10.1 Å². The summed E-state index contributed by atoms with van der Waals surface area (Å²) in [5, 5.41) is 14.0. The number of benzene rings is 2. The van der Waals surface area contributed by atoms with Crippen LogP contribution < -0.4 is 10.1 Å². The van der Waals surface area contributed by atoms with E-state index in [0.29, 0.717) is 17.1 Å². The molecular weight excluding hydrogens is 356 g/mol. The van der Waals surface area contributed by atoms with Crippen molar-refractivity contribution in [1.82, 2.24) is 20.2 Å². The number of nitrogens with zero attached hydrogens (tertiary/aromatic N) is 4. The van der Waals surface area contributed by atoms with Crippen molar-refractivity contribution in [2.45, 2.75) is 6.61 Å². The van der Waals surface area contributed by atoms with Crippen LogP contribution in [-0.2, 0) is 11.8 Å². The van der Waals surface area contributed by atoms with Gasteiger partial charge in [0.2, 0.25) is 5.91 Å². The topological polar surface area (TPSA) is 81.9 Å². The van der Waals surface area contributed by atoms with Crippen molar-refractivity contribution in [2.75, 3.05) is 5.32 Å². The van der Waals surface area contributed by atoms with E-state index in [1.165, 1.54) is 22.9 Å². The minimum absolute atomic E-state index is 0.0571. The number of anilines is 1. The average molecular weight is 371 g/mol. The number of halogens is 2. The summed E-state index contributed by atoms with van der Waals surface area (Å²) in [6, 6.07) is 13.1. The zero-order chi connectivity index (χ0) is 19.2. The number of ether oxygens (including phenoxy) is 1. The first-order valence-electron chi connectivity index (χ1n) is 7.88. The molecular formula is C18H15F2N5O2. The summed E-state index contributed by atoms with van der Waals surface area (Å²) in [4.78, 5) is 12.1. The SMILES string of the molecule is Cn1nnnc1-c1cccc(NC(=O)/C=C/c2ccc(OC(F)F)cc2)c1. The summed E-state index contributed by atoms with van der Waals surface area (Å²) >= 11 is 0. The lowest BCUT2D eigenvalue weighted by Crippen LogP contribution is -2.07. The Bertz CT molecular complexity index is 954. The Balaban J connectivity index is 1.64. The fraction of sp³-hybridized carbons (Fsp3) is 0.111. The molecule has 1 heterocycles. The van der Waals surface area contributed by atoms with Crippen LogP contribution in [0.2, 0.25) is 0 Å². The number of hydrogen-bond donors (Lipinski definition) is 1. The molecule has 7 nitrogen and oxygen atoms in total. The van der Waals surface area contributed by atoms with Gasteiger partial charge in [0.05, 0.1) is 0 Å². The molecule has 0 unspecified atom stereocenters. The standard InChI is InChI=1S/C18H15F2N5O2/c1-25-17(22-23-24-25)13-3-2-4-14(11-13)21-16(26)10-7-12-5-8-15(9-6-12)27-18(19)20/h2-11,18H,1H3,(H,21,26)/b10-7+. The lowest BCUT2D eigenvalue weighted by Gasteiger charge is -2.05. The fourth-order valence-electron chi connectivity index (χ4n) is 2.33. The van der Waals surface area contributed by atoms with Crippen LogP contribution in [0.25, 0.3) is 17.5 Å². The van der Waals surface area contributed by atoms with Gasteiger partial charge in [-0.1, -0.05) is 24.3 Å². The molecule has 0 aliphatic carbocycles. The second kappa shape index (κ2) is 8.17. The predicted molar refractivity (Wildman–Crippen MR) is 95.0 cm³/mol. The Morgan fingerprint density at radius 3 is 2.67 bits per heavy atom. The lowest BCUT2D eigenvalue weighted by atomic mass is 10.2. The molecule has 1 amide bonds. The summed E-state index contributed by atoms with van der Waals surface area (Å²) < 4.78 is 30.0. The van der Waals surface area contributed by atoms with Crippen LogP contribution in [-0.4, -0.2) is 32.7 Å². The van der Waals surface area contributed by atoms with E-state index in [9.17, 15) is 13.6 Å². The third kappa shape index (κ3) is 4.94. The molecule has 0 saturated carbocycles. The van der Waals surface area contributed by atoms with Crippen molar-refractivity contribution >= 4 is 17.7 Å². The minimum Gasteiger partial charge on any atom is -0.435 e. The quantitative estimate of drug-likeness (QED) is 0.673. The molecule has 0 radical (unpaired) electrons. The van der Waals surface area contributed by atoms with Gasteiger partial charge in [-0.2, -0.15) is 8.78 Å². The summed E-state index contributed by atoms with van der Waals surface area (Å²) in [6.45, 7) is -2.87. The molecule has 0 saturated heterocycles. The molecule has 3 rings (SSSR count). The van der Waals surface area contributed by atoms with E-state index >= 15 is 0 Å². The van der Waals surface area contributed by atoms with Gasteiger partial charge in [-0.25, -0.2) is 4.68 Å². The summed E-state index contributed by atoms with van der Waals surface area (Å²) in [7, 11) is 1.72. The van der Waals surface area contributed by atoms with Crippen LogP contribution in [0.4, 0.5) is 14.5 Å². The van der Waals surface area contributed by atoms with Gasteiger partial charge in [0.25, 0.3) is 0 Å². The normalized spacial score (nSPS) is 11.1. The van der Waals surface area contributed by atoms with Gasteiger partial charge in [0.15, 0.2) is 5.82 Å². The van der Waals surface area contributed by atoms with Crippen molar-refractivity contribution in [3.8, 4) is 17.1 Å². The van der Waals surface area contributed by atoms with Crippen LogP contribution in [0.3, 0.4) is 0 Å². The van der Waals surface area contributed by atoms with Crippen molar-refractivity contribution in [2.24, 2.45) is 7.05 Å². The van der Waals surface area contributed by atoms with E-state index < -0.39 is 6.61 Å². The molecule has 2 aromatic carbocycles. The molecule has 0 bridgehead atoms. The fourth-order valence-corrected chi connectivity index (χ4v) is 2.33. The van der Waals surface area contributed by atoms with Gasteiger partial charge in [0, 0.05) is 24.4 Å². The van der Waals surface area contributed by atoms with Crippen molar-refractivity contribution in [3.05, 3.63) is 60.2 Å². The zero-order valence-corrected chi connectivity index (χ0v) is 14.2. The van der Waals surface area contributed by atoms with E-state index in [-0.39, 0.29) is 11.7 Å². The summed E-state index contributed by atoms with van der Waals surface area (Å²) in [5.41, 5.74) is 2.02. The molecule has 1 aromatic heterocycles. The van der Waals surface area contributed by atoms with Crippen LogP contribution in [0.5, 0.6) is 5.75 Å². The maximum atomic E-state index is 12.1. The highest BCUT2D eigenvalue weighted by atomic mass is 19.3. The van der Waals surface area contributed by atoms with E-state index in [4.69, 9.17) is 0 Å². The number of carbonyl (C=O) groups is 1. The Morgan fingerprint density at radius 1 is 1.22 bits per heavy atom. The number of hydrogen-bond acceptors (Lipinski definition) is 5. The zero-order valence-electron chi connectivity index (χ0n) is 14.2. The number of alkyl halides is 2. The molecule has 1 N–H and O–H groups in total. The lowest BCUT2D eigenvalue weighted by molar-refractivity contribution is -0.111. The third-order valence-corrected chi connectivity index (χ3v) is 3.54. The number of rotatable bonds is 6. The maximum absolute atomic E-state index is 12.1. The van der Waals surface area contributed by atoms with Gasteiger partial charge in [-0.15, -0.1) is 5.10 Å². The van der Waals surface area contributed by atoms with Crippen molar-refractivity contribution < 1.29 is 18.3 Å². The maximum Gasteiger partial charge on any atom is 0.387 e. The molecule has 0 spiro atoms. The Labute approximate surface area is 153 Å². The number of tetrazole rings is 1. The monoisotopic (exact) mass is 371 g/mol. The number of nitrogens with one attached hydrogen (secondary N) is 1. The Morgan fingerprint density at radius 2 is 2.00 bits per heavy atom. The van der Waals surface area contributed by atoms with Crippen LogP contribution in [0.15, 0.2) is 54.6 Å². The molecule has 27 heavy (non-hydrogen) atoms. The van der Waals surface area contributed by atoms with E-state index in [2.05, 4.69) is 25.6 Å². The second-order valence-corrected chi connectivity index (χ2v) is 5.48. The molecule has 0 atom stereocenters. The average Bonchev–Trinajstić information content (AvgIpc) is 3.07. The van der Waals surface area contributed by atoms with Gasteiger partial charge in [0.1, 0.15) is 5.75 Å².